The maximum Gasteiger partial charge on any atom is 0.228 e. The Hall–Kier alpha value is -3.57. The van der Waals surface area contributed by atoms with E-state index in [-0.39, 0.29) is 24.2 Å². The molecule has 1 atom stereocenters. The standard InChI is InChI=1S/C28H34N4O4/c1-35-25-9-8-21(16-26(25)36-2)10-13-32-20-24(17-27(32)33)28(34)31-12-3-11-30(14-15-31)19-23-6-4-22(18-29)5-7-23/h4-9,16,24H,3,10-15,17,19-20H2,1-2H3. The molecule has 0 aromatic heterocycles. The van der Waals surface area contributed by atoms with Crippen molar-refractivity contribution in [3.63, 3.8) is 0 Å². The van der Waals surface area contributed by atoms with Crippen molar-refractivity contribution in [2.75, 3.05) is 53.5 Å². The van der Waals surface area contributed by atoms with Gasteiger partial charge in [-0.25, -0.2) is 0 Å². The van der Waals surface area contributed by atoms with E-state index < -0.39 is 0 Å². The van der Waals surface area contributed by atoms with Crippen LogP contribution in [0.15, 0.2) is 42.5 Å². The lowest BCUT2D eigenvalue weighted by molar-refractivity contribution is -0.135. The van der Waals surface area contributed by atoms with Crippen LogP contribution in [-0.2, 0) is 22.6 Å². The Balaban J connectivity index is 1.27. The summed E-state index contributed by atoms with van der Waals surface area (Å²) in [6, 6.07) is 15.6. The average molecular weight is 491 g/mol. The molecule has 0 saturated carbocycles. The smallest absolute Gasteiger partial charge is 0.228 e. The van der Waals surface area contributed by atoms with Crippen LogP contribution in [0.4, 0.5) is 0 Å². The first-order chi connectivity index (χ1) is 17.5. The van der Waals surface area contributed by atoms with Gasteiger partial charge in [-0.1, -0.05) is 18.2 Å². The zero-order valence-electron chi connectivity index (χ0n) is 21.1. The largest absolute Gasteiger partial charge is 0.493 e. The molecule has 8 nitrogen and oxygen atoms in total. The first-order valence-electron chi connectivity index (χ1n) is 12.5. The molecule has 0 bridgehead atoms. The lowest BCUT2D eigenvalue weighted by Gasteiger charge is -2.24. The zero-order chi connectivity index (χ0) is 25.5. The summed E-state index contributed by atoms with van der Waals surface area (Å²) >= 11 is 0. The topological polar surface area (TPSA) is 86.1 Å². The molecule has 2 aromatic carbocycles. The van der Waals surface area contributed by atoms with Crippen molar-refractivity contribution in [1.82, 2.24) is 14.7 Å². The maximum atomic E-state index is 13.3. The second-order valence-corrected chi connectivity index (χ2v) is 9.44. The molecule has 2 aliphatic heterocycles. The van der Waals surface area contributed by atoms with Crippen LogP contribution >= 0.6 is 0 Å². The van der Waals surface area contributed by atoms with Gasteiger partial charge in [0.15, 0.2) is 11.5 Å². The van der Waals surface area contributed by atoms with E-state index in [1.165, 1.54) is 5.56 Å². The summed E-state index contributed by atoms with van der Waals surface area (Å²) in [7, 11) is 3.21. The van der Waals surface area contributed by atoms with Crippen molar-refractivity contribution in [2.45, 2.75) is 25.8 Å². The van der Waals surface area contributed by atoms with Crippen molar-refractivity contribution in [3.8, 4) is 17.6 Å². The second kappa shape index (κ2) is 11.9. The van der Waals surface area contributed by atoms with Gasteiger partial charge < -0.3 is 19.3 Å². The normalized spacial score (nSPS) is 18.6. The lowest BCUT2D eigenvalue weighted by atomic mass is 10.1. The summed E-state index contributed by atoms with van der Waals surface area (Å²) in [4.78, 5) is 32.0. The highest BCUT2D eigenvalue weighted by atomic mass is 16.5. The van der Waals surface area contributed by atoms with Crippen LogP contribution in [-0.4, -0.2) is 80.0 Å². The minimum absolute atomic E-state index is 0.0473. The second-order valence-electron chi connectivity index (χ2n) is 9.44. The third-order valence-electron chi connectivity index (χ3n) is 7.07. The Morgan fingerprint density at radius 2 is 1.75 bits per heavy atom. The molecule has 0 spiro atoms. The molecule has 1 unspecified atom stereocenters. The molecule has 2 heterocycles. The van der Waals surface area contributed by atoms with E-state index in [1.54, 1.807) is 14.2 Å². The van der Waals surface area contributed by atoms with E-state index in [0.717, 1.165) is 38.2 Å². The van der Waals surface area contributed by atoms with Crippen LogP contribution in [0.1, 0.15) is 29.5 Å². The number of rotatable bonds is 8. The highest BCUT2D eigenvalue weighted by molar-refractivity contribution is 5.89. The van der Waals surface area contributed by atoms with Gasteiger partial charge in [0.2, 0.25) is 11.8 Å². The summed E-state index contributed by atoms with van der Waals surface area (Å²) in [5.41, 5.74) is 2.89. The Morgan fingerprint density at radius 3 is 2.47 bits per heavy atom. The molecule has 2 fully saturated rings. The van der Waals surface area contributed by atoms with E-state index in [9.17, 15) is 9.59 Å². The molecule has 4 rings (SSSR count). The van der Waals surface area contributed by atoms with Gasteiger partial charge >= 0.3 is 0 Å². The van der Waals surface area contributed by atoms with Crippen molar-refractivity contribution in [2.24, 2.45) is 5.92 Å². The molecule has 0 aliphatic carbocycles. The molecular weight excluding hydrogens is 456 g/mol. The van der Waals surface area contributed by atoms with Crippen LogP contribution in [0, 0.1) is 17.2 Å². The fraction of sp³-hybridized carbons (Fsp3) is 0.464. The van der Waals surface area contributed by atoms with E-state index in [2.05, 4.69) is 11.0 Å². The van der Waals surface area contributed by atoms with E-state index in [0.29, 0.717) is 43.1 Å². The highest BCUT2D eigenvalue weighted by Gasteiger charge is 2.36. The number of carbonyl (C=O) groups excluding carboxylic acids is 2. The molecule has 2 saturated heterocycles. The molecule has 8 heteroatoms. The summed E-state index contributed by atoms with van der Waals surface area (Å²) in [6.07, 6.45) is 1.89. The number of nitrogens with zero attached hydrogens (tertiary/aromatic N) is 4. The maximum absolute atomic E-state index is 13.3. The number of benzene rings is 2. The van der Waals surface area contributed by atoms with Gasteiger partial charge in [-0.05, 0) is 48.2 Å². The van der Waals surface area contributed by atoms with Gasteiger partial charge in [-0.2, -0.15) is 5.26 Å². The van der Waals surface area contributed by atoms with Crippen molar-refractivity contribution >= 4 is 11.8 Å². The fourth-order valence-corrected chi connectivity index (χ4v) is 5.00. The number of carbonyl (C=O) groups is 2. The highest BCUT2D eigenvalue weighted by Crippen LogP contribution is 2.28. The summed E-state index contributed by atoms with van der Waals surface area (Å²) in [6.45, 7) is 4.98. The van der Waals surface area contributed by atoms with Crippen molar-refractivity contribution < 1.29 is 19.1 Å². The van der Waals surface area contributed by atoms with Crippen LogP contribution in [0.5, 0.6) is 11.5 Å². The van der Waals surface area contributed by atoms with Crippen LogP contribution in [0.3, 0.4) is 0 Å². The first kappa shape index (κ1) is 25.5. The summed E-state index contributed by atoms with van der Waals surface area (Å²) < 4.78 is 10.7. The van der Waals surface area contributed by atoms with Crippen molar-refractivity contribution in [3.05, 3.63) is 59.2 Å². The van der Waals surface area contributed by atoms with Gasteiger partial charge in [0.1, 0.15) is 0 Å². The molecule has 2 amide bonds. The number of methoxy groups -OCH3 is 2. The fourth-order valence-electron chi connectivity index (χ4n) is 5.00. The monoisotopic (exact) mass is 490 g/mol. The molecule has 2 aromatic rings. The lowest BCUT2D eigenvalue weighted by Crippen LogP contribution is -2.40. The minimum Gasteiger partial charge on any atom is -0.493 e. The average Bonchev–Trinajstić information content (AvgIpc) is 3.12. The third kappa shape index (κ3) is 6.16. The van der Waals surface area contributed by atoms with E-state index in [4.69, 9.17) is 14.7 Å². The summed E-state index contributed by atoms with van der Waals surface area (Å²) in [5.74, 6) is 1.22. The number of hydrogen-bond acceptors (Lipinski definition) is 6. The third-order valence-corrected chi connectivity index (χ3v) is 7.07. The predicted molar refractivity (Wildman–Crippen MR) is 136 cm³/mol. The molecule has 36 heavy (non-hydrogen) atoms. The van der Waals surface area contributed by atoms with Crippen molar-refractivity contribution in [1.29, 1.82) is 5.26 Å². The predicted octanol–water partition coefficient (Wildman–Crippen LogP) is 2.70. The van der Waals surface area contributed by atoms with Gasteiger partial charge in [-0.3, -0.25) is 14.5 Å². The number of hydrogen-bond donors (Lipinski definition) is 0. The molecule has 0 radical (unpaired) electrons. The Labute approximate surface area is 213 Å². The Kier molecular flexibility index (Phi) is 8.44. The number of nitriles is 1. The van der Waals surface area contributed by atoms with Crippen LogP contribution in [0.2, 0.25) is 0 Å². The SMILES string of the molecule is COc1ccc(CCN2CC(C(=O)N3CCCN(Cc4ccc(C#N)cc4)CC3)CC2=O)cc1OC. The number of amides is 2. The van der Waals surface area contributed by atoms with E-state index in [1.807, 2.05) is 52.3 Å². The Bertz CT molecular complexity index is 1110. The van der Waals surface area contributed by atoms with Gasteiger partial charge in [0.25, 0.3) is 0 Å². The quantitative estimate of drug-likeness (QED) is 0.566. The first-order valence-corrected chi connectivity index (χ1v) is 12.5. The van der Waals surface area contributed by atoms with Gasteiger partial charge in [-0.15, -0.1) is 0 Å². The summed E-state index contributed by atoms with van der Waals surface area (Å²) in [5, 5.41) is 8.98. The molecule has 2 aliphatic rings. The van der Waals surface area contributed by atoms with E-state index >= 15 is 0 Å². The Morgan fingerprint density at radius 1 is 1.00 bits per heavy atom. The number of likely N-dealkylation sites (tertiary alicyclic amines) is 1. The molecule has 0 N–H and O–H groups in total. The van der Waals surface area contributed by atoms with Gasteiger partial charge in [0, 0.05) is 52.2 Å². The zero-order valence-corrected chi connectivity index (χ0v) is 21.1. The molecular formula is C28H34N4O4. The van der Waals surface area contributed by atoms with Gasteiger partial charge in [0.05, 0.1) is 31.8 Å². The molecule has 190 valence electrons. The van der Waals surface area contributed by atoms with Crippen LogP contribution < -0.4 is 9.47 Å². The number of ether oxygens (including phenoxy) is 2. The van der Waals surface area contributed by atoms with Crippen LogP contribution in [0.25, 0.3) is 0 Å². The minimum atomic E-state index is -0.270.